The van der Waals surface area contributed by atoms with Gasteiger partial charge in [-0.15, -0.1) is 0 Å². The normalized spacial score (nSPS) is 3.00. The molecular weight excluding hydrogens is 93.9 g/mol. The second kappa shape index (κ2) is 48.0. The van der Waals surface area contributed by atoms with E-state index < -0.39 is 0 Å². The summed E-state index contributed by atoms with van der Waals surface area (Å²) >= 11 is 0. The summed E-state index contributed by atoms with van der Waals surface area (Å²) in [5.41, 5.74) is 0. The zero-order chi connectivity index (χ0) is 4.00. The van der Waals surface area contributed by atoms with Gasteiger partial charge in [-0.2, -0.15) is 0 Å². The predicted octanol–water partition coefficient (Wildman–Crippen LogP) is -0.462. The van der Waals surface area contributed by atoms with Crippen molar-refractivity contribution in [1.82, 2.24) is 0 Å². The van der Waals surface area contributed by atoms with Crippen LogP contribution < -0.4 is 0 Å². The van der Waals surface area contributed by atoms with Gasteiger partial charge in [0.2, 0.25) is 0 Å². The highest BCUT2D eigenvalue weighted by Crippen LogP contribution is 1.44. The fourth-order valence-electron chi connectivity index (χ4n) is 0. The first kappa shape index (κ1) is 8.84. The van der Waals surface area contributed by atoms with Crippen LogP contribution in [0.4, 0.5) is 0 Å². The molecule has 0 saturated carbocycles. The van der Waals surface area contributed by atoms with Crippen molar-refractivity contribution in [3.05, 3.63) is 0 Å². The summed E-state index contributed by atoms with van der Waals surface area (Å²) in [6, 6.07) is 0. The van der Waals surface area contributed by atoms with Crippen molar-refractivity contribution < 1.29 is 9.79 Å². The molecule has 0 aliphatic carbocycles. The summed E-state index contributed by atoms with van der Waals surface area (Å²) in [5.74, 6) is 0. The van der Waals surface area contributed by atoms with Crippen LogP contribution in [0.25, 0.3) is 0 Å². The summed E-state index contributed by atoms with van der Waals surface area (Å²) in [4.78, 5) is 13.8. The molecule has 0 amide bonds. The van der Waals surface area contributed by atoms with Crippen molar-refractivity contribution in [2.24, 2.45) is 0 Å². The third-order valence-corrected chi connectivity index (χ3v) is 0. The summed E-state index contributed by atoms with van der Waals surface area (Å²) in [6.07, 6.45) is 0. The molecule has 0 rings (SSSR count). The van der Waals surface area contributed by atoms with Crippen LogP contribution >= 0.6 is 18.9 Å². The van der Waals surface area contributed by atoms with Gasteiger partial charge in [0.15, 0.2) is 0 Å². The van der Waals surface area contributed by atoms with Gasteiger partial charge < -0.3 is 9.79 Å². The van der Waals surface area contributed by atoms with Crippen molar-refractivity contribution in [2.75, 3.05) is 0 Å². The average Bonchev–Trinajstić information content (AvgIpc) is 1.50. The Kier molecular flexibility index (Phi) is 106. The van der Waals surface area contributed by atoms with Crippen LogP contribution in [-0.2, 0) is 0 Å². The zero-order valence-corrected chi connectivity index (χ0v) is 4.36. The minimum absolute atomic E-state index is 1.42. The van der Waals surface area contributed by atoms with Gasteiger partial charge in [-0.25, -0.2) is 0 Å². The molecule has 0 aliphatic rings. The lowest BCUT2D eigenvalue weighted by Crippen LogP contribution is -0.868. The maximum absolute atomic E-state index is 6.92. The lowest BCUT2D eigenvalue weighted by atomic mass is 15.9. The van der Waals surface area contributed by atoms with E-state index in [1.165, 1.54) is 18.9 Å². The first-order chi connectivity index (χ1) is 2.00. The molecule has 0 aromatic carbocycles. The third-order valence-electron chi connectivity index (χ3n) is 0. The van der Waals surface area contributed by atoms with Crippen LogP contribution in [0.1, 0.15) is 0 Å². The lowest BCUT2D eigenvalue weighted by Gasteiger charge is -1.21. The van der Waals surface area contributed by atoms with Crippen LogP contribution in [0.5, 0.6) is 0 Å². The molecule has 0 aliphatic heterocycles. The van der Waals surface area contributed by atoms with Crippen LogP contribution in [-0.4, -0.2) is 9.79 Å². The van der Waals surface area contributed by atoms with Crippen molar-refractivity contribution in [3.63, 3.8) is 0 Å². The monoisotopic (exact) mass is 100.0 g/mol. The minimum Gasteiger partial charge on any atom is -0.380 e. The van der Waals surface area contributed by atoms with Gasteiger partial charge in [0.1, 0.15) is 0 Å². The minimum atomic E-state index is 1.42. The van der Waals surface area contributed by atoms with Crippen molar-refractivity contribution in [3.8, 4) is 0 Å². The SMILES string of the molecule is OP.OP. The molecule has 0 bridgehead atoms. The quantitative estimate of drug-likeness (QED) is 0.404. The first-order valence-electron chi connectivity index (χ1n) is 0.516. The van der Waals surface area contributed by atoms with Crippen molar-refractivity contribution in [2.45, 2.75) is 0 Å². The van der Waals surface area contributed by atoms with Gasteiger partial charge in [0.05, 0.1) is 0 Å². The molecular formula is H6O2P2. The smallest absolute Gasteiger partial charge is 0.00391 e. The molecule has 4 heteroatoms. The molecule has 0 aromatic rings. The molecule has 2 N–H and O–H groups in total. The van der Waals surface area contributed by atoms with E-state index in [1.807, 2.05) is 0 Å². The highest BCUT2D eigenvalue weighted by molar-refractivity contribution is 7.08. The molecule has 0 saturated heterocycles. The maximum atomic E-state index is 6.92. The summed E-state index contributed by atoms with van der Waals surface area (Å²) < 4.78 is 0. The molecule has 2 unspecified atom stereocenters. The Morgan fingerprint density at radius 2 is 0.750 bits per heavy atom. The number of hydrogen-bond acceptors (Lipinski definition) is 2. The molecule has 2 nitrogen and oxygen atoms in total. The molecule has 0 spiro atoms. The standard InChI is InChI=1S/2H3OP/c2*1-2/h2*1H,2H2. The lowest BCUT2D eigenvalue weighted by molar-refractivity contribution is 0.663. The molecule has 0 heterocycles. The van der Waals surface area contributed by atoms with E-state index in [0.29, 0.717) is 0 Å². The Morgan fingerprint density at radius 1 is 0.750 bits per heavy atom. The van der Waals surface area contributed by atoms with Gasteiger partial charge in [-0.05, 0) is 18.9 Å². The van der Waals surface area contributed by atoms with Crippen LogP contribution in [0.15, 0.2) is 0 Å². The zero-order valence-electron chi connectivity index (χ0n) is 2.05. The highest BCUT2D eigenvalue weighted by Gasteiger charge is 0.827. The highest BCUT2D eigenvalue weighted by atomic mass is 31.0. The molecule has 0 fully saturated rings. The summed E-state index contributed by atoms with van der Waals surface area (Å²) in [7, 11) is 2.83. The maximum Gasteiger partial charge on any atom is -0.00391 e. The Bertz CT molecular complexity index is 4.00. The Labute approximate surface area is 29.8 Å². The van der Waals surface area contributed by atoms with E-state index in [4.69, 9.17) is 9.79 Å². The summed E-state index contributed by atoms with van der Waals surface area (Å²) in [6.45, 7) is 0. The van der Waals surface area contributed by atoms with Crippen LogP contribution in [0, 0.1) is 0 Å². The fraction of sp³-hybridized carbons (Fsp3) is 0. The topological polar surface area (TPSA) is 40.5 Å². The predicted molar refractivity (Wildman–Crippen MR) is 23.9 cm³/mol. The van der Waals surface area contributed by atoms with E-state index in [0.717, 1.165) is 0 Å². The average molecular weight is 100.0 g/mol. The van der Waals surface area contributed by atoms with Gasteiger partial charge >= 0.3 is 0 Å². The third kappa shape index (κ3) is 14.5. The van der Waals surface area contributed by atoms with Crippen LogP contribution in [0.3, 0.4) is 0 Å². The van der Waals surface area contributed by atoms with E-state index in [2.05, 4.69) is 0 Å². The molecule has 2 atom stereocenters. The molecule has 0 radical (unpaired) electrons. The van der Waals surface area contributed by atoms with Gasteiger partial charge in [-0.3, -0.25) is 0 Å². The summed E-state index contributed by atoms with van der Waals surface area (Å²) in [5, 5.41) is 0. The van der Waals surface area contributed by atoms with E-state index in [-0.39, 0.29) is 0 Å². The Balaban J connectivity index is 0. The van der Waals surface area contributed by atoms with Crippen molar-refractivity contribution >= 4 is 18.9 Å². The number of rotatable bonds is 0. The van der Waals surface area contributed by atoms with Crippen molar-refractivity contribution in [1.29, 1.82) is 0 Å². The fourth-order valence-corrected chi connectivity index (χ4v) is 0. The Hall–Kier alpha value is 0.780. The second-order valence-corrected chi connectivity index (χ2v) is 0. The molecule has 4 heavy (non-hydrogen) atoms. The second-order valence-electron chi connectivity index (χ2n) is 0. The van der Waals surface area contributed by atoms with E-state index in [9.17, 15) is 0 Å². The van der Waals surface area contributed by atoms with Gasteiger partial charge in [-0.1, -0.05) is 0 Å². The van der Waals surface area contributed by atoms with Crippen LogP contribution in [0.2, 0.25) is 0 Å². The molecule has 0 aromatic heterocycles. The first-order valence-corrected chi connectivity index (χ1v) is 1.55. The Morgan fingerprint density at radius 3 is 0.750 bits per heavy atom. The van der Waals surface area contributed by atoms with Gasteiger partial charge in [0, 0.05) is 0 Å². The number of hydrogen-bond donors (Lipinski definition) is 2. The largest absolute Gasteiger partial charge is 0.380 e. The van der Waals surface area contributed by atoms with E-state index in [1.54, 1.807) is 0 Å². The molecule has 28 valence electrons. The van der Waals surface area contributed by atoms with Gasteiger partial charge in [0.25, 0.3) is 0 Å². The van der Waals surface area contributed by atoms with E-state index >= 15 is 0 Å².